The van der Waals surface area contributed by atoms with Gasteiger partial charge in [0.15, 0.2) is 0 Å². The van der Waals surface area contributed by atoms with Gasteiger partial charge in [0.05, 0.1) is 24.6 Å². The third kappa shape index (κ3) is 2.38. The maximum atomic E-state index is 10.4. The fourth-order valence-corrected chi connectivity index (χ4v) is 2.51. The van der Waals surface area contributed by atoms with Gasteiger partial charge in [0.25, 0.3) is 0 Å². The number of methoxy groups -OCH3 is 1. The van der Waals surface area contributed by atoms with Crippen molar-refractivity contribution >= 4 is 5.65 Å². The van der Waals surface area contributed by atoms with Crippen LogP contribution in [0.5, 0.6) is 5.75 Å². The SMILES string of the molecule is CCC(O)c1c(-c2cccc(OC)c2)nc2ccccn12. The number of rotatable bonds is 4. The van der Waals surface area contributed by atoms with E-state index in [1.807, 2.05) is 60.0 Å². The normalized spacial score (nSPS) is 12.5. The first-order chi connectivity index (χ1) is 10.2. The third-order valence-corrected chi connectivity index (χ3v) is 3.61. The molecule has 21 heavy (non-hydrogen) atoms. The number of ether oxygens (including phenoxy) is 1. The molecule has 0 aliphatic carbocycles. The van der Waals surface area contributed by atoms with Gasteiger partial charge in [-0.1, -0.05) is 25.1 Å². The Bertz CT molecular complexity index is 764. The Kier molecular flexibility index (Phi) is 3.62. The van der Waals surface area contributed by atoms with Gasteiger partial charge in [-0.2, -0.15) is 0 Å². The van der Waals surface area contributed by atoms with E-state index in [-0.39, 0.29) is 0 Å². The minimum absolute atomic E-state index is 0.552. The number of pyridine rings is 1. The van der Waals surface area contributed by atoms with E-state index < -0.39 is 6.10 Å². The van der Waals surface area contributed by atoms with Crippen LogP contribution in [0, 0.1) is 0 Å². The summed E-state index contributed by atoms with van der Waals surface area (Å²) in [7, 11) is 1.64. The summed E-state index contributed by atoms with van der Waals surface area (Å²) >= 11 is 0. The molecule has 1 N–H and O–H groups in total. The maximum absolute atomic E-state index is 10.4. The fourth-order valence-electron chi connectivity index (χ4n) is 2.51. The minimum atomic E-state index is -0.552. The quantitative estimate of drug-likeness (QED) is 0.797. The number of hydrogen-bond donors (Lipinski definition) is 1. The lowest BCUT2D eigenvalue weighted by Crippen LogP contribution is -2.02. The molecule has 108 valence electrons. The van der Waals surface area contributed by atoms with Crippen LogP contribution in [0.2, 0.25) is 0 Å². The third-order valence-electron chi connectivity index (χ3n) is 3.61. The number of aromatic nitrogens is 2. The van der Waals surface area contributed by atoms with E-state index in [9.17, 15) is 5.11 Å². The van der Waals surface area contributed by atoms with Crippen LogP contribution >= 0.6 is 0 Å². The lowest BCUT2D eigenvalue weighted by molar-refractivity contribution is 0.168. The molecule has 1 atom stereocenters. The average molecular weight is 282 g/mol. The molecule has 0 saturated carbocycles. The second-order valence-corrected chi connectivity index (χ2v) is 4.93. The largest absolute Gasteiger partial charge is 0.497 e. The Morgan fingerprint density at radius 3 is 2.86 bits per heavy atom. The summed E-state index contributed by atoms with van der Waals surface area (Å²) < 4.78 is 7.23. The first-order valence-electron chi connectivity index (χ1n) is 7.04. The molecule has 0 aliphatic rings. The van der Waals surface area contributed by atoms with Crippen molar-refractivity contribution in [2.75, 3.05) is 7.11 Å². The van der Waals surface area contributed by atoms with Gasteiger partial charge in [0.1, 0.15) is 11.4 Å². The predicted molar refractivity (Wildman–Crippen MR) is 82.4 cm³/mol. The Morgan fingerprint density at radius 1 is 1.24 bits per heavy atom. The van der Waals surface area contributed by atoms with Crippen molar-refractivity contribution in [1.29, 1.82) is 0 Å². The average Bonchev–Trinajstić information content (AvgIpc) is 2.93. The first kappa shape index (κ1) is 13.6. The number of fused-ring (bicyclic) bond motifs is 1. The summed E-state index contributed by atoms with van der Waals surface area (Å²) in [5.74, 6) is 0.779. The molecule has 0 aliphatic heterocycles. The van der Waals surface area contributed by atoms with Crippen molar-refractivity contribution < 1.29 is 9.84 Å². The Morgan fingerprint density at radius 2 is 2.10 bits per heavy atom. The van der Waals surface area contributed by atoms with Crippen LogP contribution in [0.15, 0.2) is 48.7 Å². The van der Waals surface area contributed by atoms with E-state index in [2.05, 4.69) is 4.98 Å². The molecule has 1 unspecified atom stereocenters. The van der Waals surface area contributed by atoms with Gasteiger partial charge in [-0.05, 0) is 30.7 Å². The number of imidazole rings is 1. The fraction of sp³-hybridized carbons (Fsp3) is 0.235. The van der Waals surface area contributed by atoms with Crippen molar-refractivity contribution in [3.05, 3.63) is 54.4 Å². The number of aliphatic hydroxyl groups excluding tert-OH is 1. The molecule has 4 heteroatoms. The molecule has 4 nitrogen and oxygen atoms in total. The Labute approximate surface area is 123 Å². The van der Waals surface area contributed by atoms with Crippen molar-refractivity contribution in [3.8, 4) is 17.0 Å². The molecule has 3 rings (SSSR count). The second kappa shape index (κ2) is 5.58. The molecular weight excluding hydrogens is 264 g/mol. The molecular formula is C17H18N2O2. The van der Waals surface area contributed by atoms with Gasteiger partial charge >= 0.3 is 0 Å². The standard InChI is InChI=1S/C17H18N2O2/c1-3-14(20)17-16(12-7-6-8-13(11-12)21-2)18-15-9-4-5-10-19(15)17/h4-11,14,20H,3H2,1-2H3. The monoisotopic (exact) mass is 282 g/mol. The molecule has 2 aromatic heterocycles. The van der Waals surface area contributed by atoms with Crippen LogP contribution in [0.4, 0.5) is 0 Å². The zero-order chi connectivity index (χ0) is 14.8. The van der Waals surface area contributed by atoms with E-state index in [0.717, 1.165) is 28.3 Å². The van der Waals surface area contributed by atoms with Crippen LogP contribution in [0.3, 0.4) is 0 Å². The molecule has 0 radical (unpaired) electrons. The smallest absolute Gasteiger partial charge is 0.137 e. The summed E-state index contributed by atoms with van der Waals surface area (Å²) in [4.78, 5) is 4.67. The highest BCUT2D eigenvalue weighted by molar-refractivity contribution is 5.68. The molecule has 0 fully saturated rings. The van der Waals surface area contributed by atoms with Gasteiger partial charge in [-0.25, -0.2) is 4.98 Å². The van der Waals surface area contributed by atoms with E-state index in [0.29, 0.717) is 6.42 Å². The maximum Gasteiger partial charge on any atom is 0.137 e. The number of benzene rings is 1. The molecule has 2 heterocycles. The van der Waals surface area contributed by atoms with Gasteiger partial charge < -0.3 is 14.2 Å². The van der Waals surface area contributed by atoms with Gasteiger partial charge in [-0.3, -0.25) is 0 Å². The summed E-state index contributed by atoms with van der Waals surface area (Å²) in [6, 6.07) is 13.6. The first-order valence-corrected chi connectivity index (χ1v) is 7.04. The Balaban J connectivity index is 2.25. The lowest BCUT2D eigenvalue weighted by atomic mass is 10.1. The van der Waals surface area contributed by atoms with Crippen LogP contribution in [0.25, 0.3) is 16.9 Å². The van der Waals surface area contributed by atoms with E-state index in [1.165, 1.54) is 0 Å². The van der Waals surface area contributed by atoms with Crippen molar-refractivity contribution in [2.24, 2.45) is 0 Å². The van der Waals surface area contributed by atoms with Crippen molar-refractivity contribution in [1.82, 2.24) is 9.38 Å². The van der Waals surface area contributed by atoms with Crippen molar-refractivity contribution in [2.45, 2.75) is 19.4 Å². The molecule has 0 bridgehead atoms. The second-order valence-electron chi connectivity index (χ2n) is 4.93. The number of nitrogens with zero attached hydrogens (tertiary/aromatic N) is 2. The topological polar surface area (TPSA) is 46.8 Å². The molecule has 3 aromatic rings. The molecule has 0 spiro atoms. The van der Waals surface area contributed by atoms with Crippen LogP contribution in [-0.2, 0) is 0 Å². The highest BCUT2D eigenvalue weighted by atomic mass is 16.5. The van der Waals surface area contributed by atoms with E-state index in [4.69, 9.17) is 4.74 Å². The predicted octanol–water partition coefficient (Wildman–Crippen LogP) is 3.45. The summed E-state index contributed by atoms with van der Waals surface area (Å²) in [6.07, 6.45) is 2.02. The van der Waals surface area contributed by atoms with Gasteiger partial charge in [0.2, 0.25) is 0 Å². The Hall–Kier alpha value is -2.33. The summed E-state index contributed by atoms with van der Waals surface area (Å²) in [5.41, 5.74) is 3.40. The summed E-state index contributed by atoms with van der Waals surface area (Å²) in [5, 5.41) is 10.4. The van der Waals surface area contributed by atoms with E-state index >= 15 is 0 Å². The molecule has 0 amide bonds. The van der Waals surface area contributed by atoms with Gasteiger partial charge in [-0.15, -0.1) is 0 Å². The van der Waals surface area contributed by atoms with Gasteiger partial charge in [0, 0.05) is 11.8 Å². The van der Waals surface area contributed by atoms with Crippen molar-refractivity contribution in [3.63, 3.8) is 0 Å². The zero-order valence-corrected chi connectivity index (χ0v) is 12.2. The van der Waals surface area contributed by atoms with Crippen LogP contribution < -0.4 is 4.74 Å². The number of hydrogen-bond acceptors (Lipinski definition) is 3. The summed E-state index contributed by atoms with van der Waals surface area (Å²) in [6.45, 7) is 1.96. The zero-order valence-electron chi connectivity index (χ0n) is 12.2. The number of aliphatic hydroxyl groups is 1. The van der Waals surface area contributed by atoms with Crippen LogP contribution in [-0.4, -0.2) is 21.6 Å². The van der Waals surface area contributed by atoms with Crippen LogP contribution in [0.1, 0.15) is 25.1 Å². The van der Waals surface area contributed by atoms with E-state index in [1.54, 1.807) is 7.11 Å². The minimum Gasteiger partial charge on any atom is -0.497 e. The highest BCUT2D eigenvalue weighted by Gasteiger charge is 2.19. The molecule has 0 saturated heterocycles. The highest BCUT2D eigenvalue weighted by Crippen LogP contribution is 2.32. The molecule has 1 aromatic carbocycles. The lowest BCUT2D eigenvalue weighted by Gasteiger charge is -2.11.